The summed E-state index contributed by atoms with van der Waals surface area (Å²) < 4.78 is 0. The number of hydrogen-bond donors (Lipinski definition) is 4. The van der Waals surface area contributed by atoms with Gasteiger partial charge in [0.2, 0.25) is 5.91 Å². The van der Waals surface area contributed by atoms with Crippen molar-refractivity contribution in [3.8, 4) is 11.3 Å². The van der Waals surface area contributed by atoms with E-state index in [0.717, 1.165) is 24.8 Å². The van der Waals surface area contributed by atoms with E-state index >= 15 is 0 Å². The fourth-order valence-electron chi connectivity index (χ4n) is 3.01. The molecule has 9 heteroatoms. The minimum atomic E-state index is -0.519. The van der Waals surface area contributed by atoms with Gasteiger partial charge in [-0.15, -0.1) is 23.7 Å². The molecule has 2 heterocycles. The Morgan fingerprint density at radius 2 is 2.21 bits per heavy atom. The van der Waals surface area contributed by atoms with Crippen molar-refractivity contribution in [1.29, 1.82) is 0 Å². The van der Waals surface area contributed by atoms with Gasteiger partial charge in [0.25, 0.3) is 5.91 Å². The van der Waals surface area contributed by atoms with E-state index in [1.54, 1.807) is 12.3 Å². The van der Waals surface area contributed by atoms with Crippen LogP contribution in [0.25, 0.3) is 11.3 Å². The number of H-pyrrole nitrogens is 1. The molecule has 1 fully saturated rings. The highest BCUT2D eigenvalue weighted by Gasteiger charge is 2.32. The minimum absolute atomic E-state index is 0. The van der Waals surface area contributed by atoms with Gasteiger partial charge in [0.05, 0.1) is 5.69 Å². The molecule has 0 aliphatic heterocycles. The van der Waals surface area contributed by atoms with E-state index in [-0.39, 0.29) is 30.2 Å². The molecule has 24 heavy (non-hydrogen) atoms. The number of nitrogens with zero attached hydrogens (tertiary/aromatic N) is 1. The zero-order chi connectivity index (χ0) is 16.4. The van der Waals surface area contributed by atoms with Crippen LogP contribution in [0.1, 0.15) is 29.8 Å². The van der Waals surface area contributed by atoms with E-state index in [4.69, 9.17) is 11.5 Å². The number of halogens is 1. The van der Waals surface area contributed by atoms with Crippen molar-refractivity contribution >= 4 is 40.7 Å². The van der Waals surface area contributed by atoms with Crippen molar-refractivity contribution in [2.24, 2.45) is 23.3 Å². The van der Waals surface area contributed by atoms with Gasteiger partial charge in [-0.1, -0.05) is 6.42 Å². The summed E-state index contributed by atoms with van der Waals surface area (Å²) in [7, 11) is 0. The molecule has 0 unspecified atom stereocenters. The summed E-state index contributed by atoms with van der Waals surface area (Å²) in [6.07, 6.45) is 4.60. The number of amides is 2. The summed E-state index contributed by atoms with van der Waals surface area (Å²) in [4.78, 5) is 30.7. The van der Waals surface area contributed by atoms with Crippen LogP contribution in [0.5, 0.6) is 0 Å². The van der Waals surface area contributed by atoms with Crippen molar-refractivity contribution in [1.82, 2.24) is 9.97 Å². The van der Waals surface area contributed by atoms with Crippen molar-refractivity contribution in [3.05, 3.63) is 23.3 Å². The number of aromatic amines is 1. The maximum atomic E-state index is 12.4. The monoisotopic (exact) mass is 369 g/mol. The lowest BCUT2D eigenvalue weighted by atomic mass is 9.95. The molecule has 6 N–H and O–H groups in total. The largest absolute Gasteiger partial charge is 0.364 e. The topological polar surface area (TPSA) is 127 Å². The molecule has 0 spiro atoms. The lowest BCUT2D eigenvalue weighted by Gasteiger charge is -2.16. The number of aromatic nitrogens is 2. The summed E-state index contributed by atoms with van der Waals surface area (Å²) in [6.45, 7) is 0.542. The number of rotatable bonds is 5. The molecule has 1 aliphatic carbocycles. The van der Waals surface area contributed by atoms with Gasteiger partial charge in [-0.2, -0.15) is 0 Å². The van der Waals surface area contributed by atoms with E-state index in [1.165, 1.54) is 11.3 Å². The van der Waals surface area contributed by atoms with Crippen LogP contribution in [0.4, 0.5) is 5.13 Å². The predicted molar refractivity (Wildman–Crippen MR) is 96.2 cm³/mol. The first-order chi connectivity index (χ1) is 11.1. The van der Waals surface area contributed by atoms with Crippen molar-refractivity contribution < 1.29 is 9.59 Å². The fraction of sp³-hybridized carbons (Fsp3) is 0.400. The third kappa shape index (κ3) is 3.77. The number of thiazole rings is 1. The van der Waals surface area contributed by atoms with Crippen LogP contribution in [0.2, 0.25) is 0 Å². The normalized spacial score (nSPS) is 19.7. The summed E-state index contributed by atoms with van der Waals surface area (Å²) in [5.74, 6) is -0.293. The third-order valence-corrected chi connectivity index (χ3v) is 5.03. The number of nitrogens with two attached hydrogens (primary N) is 2. The molecule has 0 radical (unpaired) electrons. The number of hydrogen-bond acceptors (Lipinski definition) is 5. The van der Waals surface area contributed by atoms with Crippen molar-refractivity contribution in [2.75, 3.05) is 11.9 Å². The molecular formula is C15H20ClN5O2S. The average molecular weight is 370 g/mol. The average Bonchev–Trinajstić information content (AvgIpc) is 3.26. The molecule has 0 saturated heterocycles. The minimum Gasteiger partial charge on any atom is -0.364 e. The molecule has 2 amide bonds. The third-order valence-electron chi connectivity index (χ3n) is 4.28. The van der Waals surface area contributed by atoms with Gasteiger partial charge in [-0.25, -0.2) is 4.98 Å². The number of primary amides is 1. The van der Waals surface area contributed by atoms with Crippen molar-refractivity contribution in [3.63, 3.8) is 0 Å². The number of nitrogens with one attached hydrogen (secondary N) is 2. The fourth-order valence-corrected chi connectivity index (χ4v) is 3.73. The highest BCUT2D eigenvalue weighted by molar-refractivity contribution is 7.14. The number of carbonyl (C=O) groups is 2. The standard InChI is InChI=1S/C15H19N5O2S.ClH/c16-5-8-2-1-3-10(8)14(22)20-15-19-12(7-23-15)9-4-11(13(17)21)18-6-9;/h4,6-8,10,18H,1-3,5,16H2,(H2,17,21)(H,19,20,22);1H/t8-,10-;/m1./s1. The Bertz CT molecular complexity index is 729. The molecule has 2 atom stereocenters. The van der Waals surface area contributed by atoms with Crippen LogP contribution >= 0.6 is 23.7 Å². The van der Waals surface area contributed by atoms with Crippen LogP contribution in [-0.2, 0) is 4.79 Å². The Kier molecular flexibility index (Phi) is 5.98. The van der Waals surface area contributed by atoms with Crippen LogP contribution < -0.4 is 16.8 Å². The predicted octanol–water partition coefficient (Wildman–Crippen LogP) is 1.97. The van der Waals surface area contributed by atoms with Crippen molar-refractivity contribution in [2.45, 2.75) is 19.3 Å². The van der Waals surface area contributed by atoms with Gasteiger partial charge < -0.3 is 21.8 Å². The second-order valence-corrected chi connectivity index (χ2v) is 6.58. The van der Waals surface area contributed by atoms with Crippen LogP contribution in [-0.4, -0.2) is 28.3 Å². The molecule has 1 saturated carbocycles. The highest BCUT2D eigenvalue weighted by Crippen LogP contribution is 2.32. The summed E-state index contributed by atoms with van der Waals surface area (Å²) >= 11 is 1.35. The maximum absolute atomic E-state index is 12.4. The van der Waals surface area contributed by atoms with Gasteiger partial charge in [-0.05, 0) is 31.4 Å². The molecule has 130 valence electrons. The number of carbonyl (C=O) groups excluding carboxylic acids is 2. The smallest absolute Gasteiger partial charge is 0.265 e. The van der Waals surface area contributed by atoms with Crippen LogP contribution in [0.3, 0.4) is 0 Å². The van der Waals surface area contributed by atoms with Gasteiger partial charge in [0.1, 0.15) is 5.69 Å². The summed E-state index contributed by atoms with van der Waals surface area (Å²) in [6, 6.07) is 1.64. The van der Waals surface area contributed by atoms with Gasteiger partial charge in [-0.3, -0.25) is 9.59 Å². The van der Waals surface area contributed by atoms with Gasteiger partial charge >= 0.3 is 0 Å². The first-order valence-corrected chi connectivity index (χ1v) is 8.41. The summed E-state index contributed by atoms with van der Waals surface area (Å²) in [5, 5.41) is 5.26. The second kappa shape index (κ2) is 7.78. The Labute approximate surface area is 149 Å². The van der Waals surface area contributed by atoms with Gasteiger partial charge in [0, 0.05) is 23.1 Å². The Hall–Kier alpha value is -1.90. The lowest BCUT2D eigenvalue weighted by molar-refractivity contribution is -0.120. The molecule has 3 rings (SSSR count). The Morgan fingerprint density at radius 1 is 1.42 bits per heavy atom. The first-order valence-electron chi connectivity index (χ1n) is 7.53. The highest BCUT2D eigenvalue weighted by atomic mass is 35.5. The Morgan fingerprint density at radius 3 is 2.88 bits per heavy atom. The molecule has 2 aromatic heterocycles. The SMILES string of the molecule is Cl.NC[C@H]1CCC[C@H]1C(=O)Nc1nc(-c2c[nH]c(C(N)=O)c2)cs1. The first kappa shape index (κ1) is 18.4. The molecular weight excluding hydrogens is 350 g/mol. The second-order valence-electron chi connectivity index (χ2n) is 5.73. The lowest BCUT2D eigenvalue weighted by Crippen LogP contribution is -2.29. The molecule has 7 nitrogen and oxygen atoms in total. The molecule has 1 aliphatic rings. The zero-order valence-electron chi connectivity index (χ0n) is 13.0. The van der Waals surface area contributed by atoms with E-state index in [2.05, 4.69) is 15.3 Å². The van der Waals surface area contributed by atoms with E-state index in [0.29, 0.717) is 23.1 Å². The maximum Gasteiger partial charge on any atom is 0.265 e. The van der Waals surface area contributed by atoms with Crippen LogP contribution in [0.15, 0.2) is 17.6 Å². The van der Waals surface area contributed by atoms with E-state index in [1.807, 2.05) is 5.38 Å². The summed E-state index contributed by atoms with van der Waals surface area (Å²) in [5.41, 5.74) is 12.7. The molecule has 0 aromatic carbocycles. The molecule has 2 aromatic rings. The quantitative estimate of drug-likeness (QED) is 0.642. The van der Waals surface area contributed by atoms with Gasteiger partial charge in [0.15, 0.2) is 5.13 Å². The van der Waals surface area contributed by atoms with E-state index < -0.39 is 5.91 Å². The Balaban J connectivity index is 0.00000208. The number of anilines is 1. The molecule has 0 bridgehead atoms. The van der Waals surface area contributed by atoms with Crippen LogP contribution in [0, 0.1) is 11.8 Å². The van der Waals surface area contributed by atoms with E-state index in [9.17, 15) is 9.59 Å². The zero-order valence-corrected chi connectivity index (χ0v) is 14.6.